The van der Waals surface area contributed by atoms with Crippen LogP contribution in [0.15, 0.2) is 54.6 Å². The number of ether oxygens (including phenoxy) is 1. The highest BCUT2D eigenvalue weighted by Crippen LogP contribution is 2.14. The van der Waals surface area contributed by atoms with Crippen LogP contribution in [0.1, 0.15) is 29.3 Å². The average Bonchev–Trinajstić information content (AvgIpc) is 2.52. The van der Waals surface area contributed by atoms with Crippen LogP contribution < -0.4 is 10.1 Å². The number of nitrogens with one attached hydrogen (secondary N) is 1. The van der Waals surface area contributed by atoms with Gasteiger partial charge >= 0.3 is 0 Å². The largest absolute Gasteiger partial charge is 0.489 e. The molecule has 0 bridgehead atoms. The van der Waals surface area contributed by atoms with Gasteiger partial charge in [0.05, 0.1) is 0 Å². The highest BCUT2D eigenvalue weighted by Gasteiger charge is 2.04. The van der Waals surface area contributed by atoms with Crippen molar-refractivity contribution >= 4 is 5.91 Å². The molecule has 0 saturated carbocycles. The third kappa shape index (κ3) is 4.12. The summed E-state index contributed by atoms with van der Waals surface area (Å²) in [5.74, 6) is 0.724. The van der Waals surface area contributed by atoms with E-state index >= 15 is 0 Å². The average molecular weight is 269 g/mol. The Bertz CT molecular complexity index is 535. The van der Waals surface area contributed by atoms with Crippen LogP contribution in [0, 0.1) is 0 Å². The molecule has 0 aliphatic carbocycles. The fourth-order valence-corrected chi connectivity index (χ4v) is 1.78. The maximum Gasteiger partial charge on any atom is 0.251 e. The molecule has 104 valence electrons. The second kappa shape index (κ2) is 7.34. The number of carbonyl (C=O) groups excluding carboxylic acids is 1. The Morgan fingerprint density at radius 2 is 1.75 bits per heavy atom. The lowest BCUT2D eigenvalue weighted by atomic mass is 10.2. The number of carbonyl (C=O) groups is 1. The van der Waals surface area contributed by atoms with Gasteiger partial charge in [0, 0.05) is 12.1 Å². The molecule has 1 amide bonds. The number of benzene rings is 2. The molecule has 0 saturated heterocycles. The summed E-state index contributed by atoms with van der Waals surface area (Å²) in [5, 5.41) is 2.85. The lowest BCUT2D eigenvalue weighted by Crippen LogP contribution is -2.23. The Labute approximate surface area is 119 Å². The second-order valence-electron chi connectivity index (χ2n) is 4.55. The van der Waals surface area contributed by atoms with Crippen LogP contribution in [0.25, 0.3) is 0 Å². The minimum atomic E-state index is -0.0403. The van der Waals surface area contributed by atoms with Crippen LogP contribution >= 0.6 is 0 Å². The first-order valence-corrected chi connectivity index (χ1v) is 6.84. The molecule has 3 nitrogen and oxygen atoms in total. The highest BCUT2D eigenvalue weighted by molar-refractivity contribution is 5.94. The lowest BCUT2D eigenvalue weighted by molar-refractivity contribution is 0.0953. The number of hydrogen-bond acceptors (Lipinski definition) is 2. The molecule has 0 atom stereocenters. The second-order valence-corrected chi connectivity index (χ2v) is 4.55. The van der Waals surface area contributed by atoms with Crippen molar-refractivity contribution < 1.29 is 9.53 Å². The van der Waals surface area contributed by atoms with E-state index in [9.17, 15) is 4.79 Å². The summed E-state index contributed by atoms with van der Waals surface area (Å²) in [6.07, 6.45) is 0.935. The Morgan fingerprint density at radius 3 is 2.40 bits per heavy atom. The van der Waals surface area contributed by atoms with Gasteiger partial charge in [-0.15, -0.1) is 0 Å². The monoisotopic (exact) mass is 269 g/mol. The fraction of sp³-hybridized carbons (Fsp3) is 0.235. The number of hydrogen-bond donors (Lipinski definition) is 1. The molecule has 2 rings (SSSR count). The lowest BCUT2D eigenvalue weighted by Gasteiger charge is -2.07. The van der Waals surface area contributed by atoms with Crippen LogP contribution in [-0.2, 0) is 6.61 Å². The molecule has 0 fully saturated rings. The van der Waals surface area contributed by atoms with Gasteiger partial charge in [0.25, 0.3) is 5.91 Å². The maximum atomic E-state index is 11.7. The van der Waals surface area contributed by atoms with E-state index < -0.39 is 0 Å². The minimum Gasteiger partial charge on any atom is -0.489 e. The predicted octanol–water partition coefficient (Wildman–Crippen LogP) is 3.41. The van der Waals surface area contributed by atoms with Gasteiger partial charge in [-0.25, -0.2) is 0 Å². The van der Waals surface area contributed by atoms with Crippen molar-refractivity contribution in [3.8, 4) is 5.75 Å². The zero-order valence-corrected chi connectivity index (χ0v) is 11.6. The fourth-order valence-electron chi connectivity index (χ4n) is 1.78. The van der Waals surface area contributed by atoms with Gasteiger partial charge in [-0.2, -0.15) is 0 Å². The van der Waals surface area contributed by atoms with Gasteiger partial charge in [-0.3, -0.25) is 4.79 Å². The number of rotatable bonds is 6. The van der Waals surface area contributed by atoms with E-state index in [0.717, 1.165) is 17.7 Å². The molecule has 2 aromatic rings. The molecule has 0 spiro atoms. The third-order valence-electron chi connectivity index (χ3n) is 2.90. The van der Waals surface area contributed by atoms with Gasteiger partial charge < -0.3 is 10.1 Å². The molecule has 3 heteroatoms. The summed E-state index contributed by atoms with van der Waals surface area (Å²) < 4.78 is 5.68. The van der Waals surface area contributed by atoms with E-state index in [2.05, 4.69) is 5.32 Å². The van der Waals surface area contributed by atoms with Crippen molar-refractivity contribution in [1.82, 2.24) is 5.32 Å². The van der Waals surface area contributed by atoms with Crippen molar-refractivity contribution in [3.63, 3.8) is 0 Å². The van der Waals surface area contributed by atoms with Crippen molar-refractivity contribution in [3.05, 3.63) is 65.7 Å². The summed E-state index contributed by atoms with van der Waals surface area (Å²) in [4.78, 5) is 11.7. The third-order valence-corrected chi connectivity index (χ3v) is 2.90. The van der Waals surface area contributed by atoms with Crippen molar-refractivity contribution in [2.24, 2.45) is 0 Å². The molecule has 0 radical (unpaired) electrons. The van der Waals surface area contributed by atoms with E-state index in [4.69, 9.17) is 4.74 Å². The van der Waals surface area contributed by atoms with E-state index in [1.165, 1.54) is 0 Å². The quantitative estimate of drug-likeness (QED) is 0.872. The van der Waals surface area contributed by atoms with Gasteiger partial charge in [0.1, 0.15) is 12.4 Å². The van der Waals surface area contributed by atoms with E-state index in [0.29, 0.717) is 18.7 Å². The molecule has 0 heterocycles. The summed E-state index contributed by atoms with van der Waals surface area (Å²) in [7, 11) is 0. The first-order valence-electron chi connectivity index (χ1n) is 6.84. The topological polar surface area (TPSA) is 38.3 Å². The van der Waals surface area contributed by atoms with E-state index in [-0.39, 0.29) is 5.91 Å². The van der Waals surface area contributed by atoms with Crippen LogP contribution in [0.4, 0.5) is 0 Å². The predicted molar refractivity (Wildman–Crippen MR) is 79.8 cm³/mol. The van der Waals surface area contributed by atoms with E-state index in [1.54, 1.807) is 12.1 Å². The summed E-state index contributed by atoms with van der Waals surface area (Å²) in [6, 6.07) is 17.2. The molecule has 1 N–H and O–H groups in total. The van der Waals surface area contributed by atoms with Crippen molar-refractivity contribution in [1.29, 1.82) is 0 Å². The van der Waals surface area contributed by atoms with Gasteiger partial charge in [0.2, 0.25) is 0 Å². The van der Waals surface area contributed by atoms with E-state index in [1.807, 2.05) is 49.4 Å². The van der Waals surface area contributed by atoms with Gasteiger partial charge in [0.15, 0.2) is 0 Å². The Kier molecular flexibility index (Phi) is 5.18. The maximum absolute atomic E-state index is 11.7. The highest BCUT2D eigenvalue weighted by atomic mass is 16.5. The smallest absolute Gasteiger partial charge is 0.251 e. The normalized spacial score (nSPS) is 10.1. The van der Waals surface area contributed by atoms with Crippen LogP contribution in [0.5, 0.6) is 5.75 Å². The molecule has 0 unspecified atom stereocenters. The SMILES string of the molecule is CCCNC(=O)c1ccc(OCc2ccccc2)cc1. The summed E-state index contributed by atoms with van der Waals surface area (Å²) >= 11 is 0. The van der Waals surface area contributed by atoms with Crippen LogP contribution in [0.3, 0.4) is 0 Å². The van der Waals surface area contributed by atoms with Crippen molar-refractivity contribution in [2.75, 3.05) is 6.54 Å². The Balaban J connectivity index is 1.90. The molecule has 20 heavy (non-hydrogen) atoms. The summed E-state index contributed by atoms with van der Waals surface area (Å²) in [5.41, 5.74) is 1.78. The Morgan fingerprint density at radius 1 is 1.05 bits per heavy atom. The van der Waals surface area contributed by atoms with Crippen LogP contribution in [-0.4, -0.2) is 12.5 Å². The number of amides is 1. The first kappa shape index (κ1) is 14.1. The van der Waals surface area contributed by atoms with Gasteiger partial charge in [-0.05, 0) is 36.2 Å². The zero-order valence-electron chi connectivity index (χ0n) is 11.6. The molecule has 2 aromatic carbocycles. The van der Waals surface area contributed by atoms with Crippen molar-refractivity contribution in [2.45, 2.75) is 20.0 Å². The molecule has 0 aliphatic rings. The van der Waals surface area contributed by atoms with Crippen LogP contribution in [0.2, 0.25) is 0 Å². The van der Waals surface area contributed by atoms with Gasteiger partial charge in [-0.1, -0.05) is 37.3 Å². The standard InChI is InChI=1S/C17H19NO2/c1-2-12-18-17(19)15-8-10-16(11-9-15)20-13-14-6-4-3-5-7-14/h3-11H,2,12-13H2,1H3,(H,18,19). The first-order chi connectivity index (χ1) is 9.79. The zero-order chi connectivity index (χ0) is 14.2. The molecular weight excluding hydrogens is 250 g/mol. The Hall–Kier alpha value is -2.29. The molecule has 0 aromatic heterocycles. The molecule has 0 aliphatic heterocycles. The summed E-state index contributed by atoms with van der Waals surface area (Å²) in [6.45, 7) is 3.26. The minimum absolute atomic E-state index is 0.0403. The molecular formula is C17H19NO2.